The highest BCUT2D eigenvalue weighted by molar-refractivity contribution is 6.20. The summed E-state index contributed by atoms with van der Waals surface area (Å²) in [4.78, 5) is 21.9. The van der Waals surface area contributed by atoms with Crippen molar-refractivity contribution in [1.82, 2.24) is 9.47 Å². The van der Waals surface area contributed by atoms with E-state index in [-0.39, 0.29) is 5.91 Å². The van der Waals surface area contributed by atoms with Crippen molar-refractivity contribution < 1.29 is 9.53 Å². The van der Waals surface area contributed by atoms with Crippen molar-refractivity contribution >= 4 is 17.6 Å². The predicted octanol–water partition coefficient (Wildman–Crippen LogP) is 3.04. The van der Waals surface area contributed by atoms with E-state index in [1.165, 1.54) is 12.0 Å². The summed E-state index contributed by atoms with van der Waals surface area (Å²) in [6.45, 7) is 2.77. The zero-order valence-electron chi connectivity index (χ0n) is 16.0. The Bertz CT molecular complexity index is 944. The molecule has 1 aromatic carbocycles. The third-order valence-corrected chi connectivity index (χ3v) is 6.19. The van der Waals surface area contributed by atoms with Crippen molar-refractivity contribution in [2.24, 2.45) is 4.99 Å². The summed E-state index contributed by atoms with van der Waals surface area (Å²) >= 11 is 0. The molecule has 1 aromatic heterocycles. The Kier molecular flexibility index (Phi) is 3.57. The molecule has 27 heavy (non-hydrogen) atoms. The van der Waals surface area contributed by atoms with Crippen LogP contribution in [0.1, 0.15) is 40.9 Å². The lowest BCUT2D eigenvalue weighted by Gasteiger charge is -2.35. The summed E-state index contributed by atoms with van der Waals surface area (Å²) in [5, 5.41) is 0. The molecule has 0 N–H and O–H groups in total. The lowest BCUT2D eigenvalue weighted by atomic mass is 10.1. The summed E-state index contributed by atoms with van der Waals surface area (Å²) < 4.78 is 7.43. The number of aromatic nitrogens is 1. The van der Waals surface area contributed by atoms with E-state index >= 15 is 0 Å². The Hall–Kier alpha value is -2.76. The first-order chi connectivity index (χ1) is 13.1. The van der Waals surface area contributed by atoms with Gasteiger partial charge in [-0.3, -0.25) is 9.69 Å². The zero-order chi connectivity index (χ0) is 18.7. The Morgan fingerprint density at radius 2 is 2.00 bits per heavy atom. The van der Waals surface area contributed by atoms with E-state index < -0.39 is 0 Å². The minimum absolute atomic E-state index is 0.0472. The number of ether oxygens (including phenoxy) is 1. The number of benzene rings is 1. The number of hydrogen-bond donors (Lipinski definition) is 0. The standard InChI is InChI=1S/C21H24N4O2/c1-13-19-18(12-24(13)11-14-7-9-15(27-3)10-8-14)25-17-6-4-5-16(17)22-21(25)23(2)20(19)26/h7-10,12,16-17H,4-6,11H2,1-3H3/t16-,17+/m1/s1. The van der Waals surface area contributed by atoms with Gasteiger partial charge in [0.2, 0.25) is 5.96 Å². The van der Waals surface area contributed by atoms with E-state index in [1.807, 2.05) is 26.1 Å². The maximum atomic E-state index is 13.0. The second kappa shape index (κ2) is 5.87. The number of guanidine groups is 1. The molecule has 1 aliphatic carbocycles. The fourth-order valence-electron chi connectivity index (χ4n) is 4.70. The molecule has 2 aliphatic heterocycles. The van der Waals surface area contributed by atoms with Crippen molar-refractivity contribution in [3.05, 3.63) is 47.3 Å². The first-order valence-corrected chi connectivity index (χ1v) is 9.56. The summed E-state index contributed by atoms with van der Waals surface area (Å²) in [6.07, 6.45) is 5.60. The molecule has 1 amide bonds. The van der Waals surface area contributed by atoms with Gasteiger partial charge in [-0.25, -0.2) is 4.99 Å². The zero-order valence-corrected chi connectivity index (χ0v) is 16.0. The van der Waals surface area contributed by atoms with Crippen molar-refractivity contribution in [1.29, 1.82) is 0 Å². The normalized spacial score (nSPS) is 23.2. The highest BCUT2D eigenvalue weighted by Gasteiger charge is 2.47. The number of aliphatic imine (C=N–C) groups is 1. The van der Waals surface area contributed by atoms with Crippen LogP contribution < -0.4 is 9.64 Å². The average molecular weight is 364 g/mol. The molecule has 6 nitrogen and oxygen atoms in total. The number of nitrogens with zero attached hydrogens (tertiary/aromatic N) is 4. The van der Waals surface area contributed by atoms with E-state index in [0.29, 0.717) is 12.1 Å². The molecule has 0 bridgehead atoms. The van der Waals surface area contributed by atoms with Gasteiger partial charge < -0.3 is 14.2 Å². The molecule has 2 atom stereocenters. The van der Waals surface area contributed by atoms with Gasteiger partial charge in [0.05, 0.1) is 30.4 Å². The summed E-state index contributed by atoms with van der Waals surface area (Å²) in [5.74, 6) is 1.72. The van der Waals surface area contributed by atoms with Crippen LogP contribution in [0.4, 0.5) is 5.69 Å². The summed E-state index contributed by atoms with van der Waals surface area (Å²) in [6, 6.07) is 8.81. The molecular formula is C21H24N4O2. The number of carbonyl (C=O) groups is 1. The predicted molar refractivity (Wildman–Crippen MR) is 105 cm³/mol. The number of methoxy groups -OCH3 is 1. The Morgan fingerprint density at radius 3 is 2.74 bits per heavy atom. The average Bonchev–Trinajstić information content (AvgIpc) is 3.34. The minimum atomic E-state index is 0.0472. The molecule has 0 spiro atoms. The third-order valence-electron chi connectivity index (χ3n) is 6.19. The van der Waals surface area contributed by atoms with Crippen LogP contribution in [0.3, 0.4) is 0 Å². The van der Waals surface area contributed by atoms with Gasteiger partial charge in [0.15, 0.2) is 0 Å². The third kappa shape index (κ3) is 2.32. The maximum absolute atomic E-state index is 13.0. The topological polar surface area (TPSA) is 50.1 Å². The summed E-state index contributed by atoms with van der Waals surface area (Å²) in [7, 11) is 3.52. The number of carbonyl (C=O) groups excluding carboxylic acids is 1. The van der Waals surface area contributed by atoms with Crippen molar-refractivity contribution in [2.45, 2.75) is 44.8 Å². The number of rotatable bonds is 3. The van der Waals surface area contributed by atoms with Crippen LogP contribution in [0.2, 0.25) is 0 Å². The van der Waals surface area contributed by atoms with Gasteiger partial charge in [-0.2, -0.15) is 0 Å². The molecular weight excluding hydrogens is 340 g/mol. The number of anilines is 1. The van der Waals surface area contributed by atoms with Crippen LogP contribution in [0.15, 0.2) is 35.5 Å². The Labute approximate surface area is 159 Å². The van der Waals surface area contributed by atoms with Crippen molar-refractivity contribution in [2.75, 3.05) is 19.1 Å². The van der Waals surface area contributed by atoms with E-state index in [2.05, 4.69) is 27.8 Å². The molecule has 0 unspecified atom stereocenters. The largest absolute Gasteiger partial charge is 0.497 e. The molecule has 140 valence electrons. The van der Waals surface area contributed by atoms with Crippen LogP contribution >= 0.6 is 0 Å². The van der Waals surface area contributed by atoms with Crippen LogP contribution in [-0.2, 0) is 6.54 Å². The van der Waals surface area contributed by atoms with Gasteiger partial charge in [0.1, 0.15) is 5.75 Å². The highest BCUT2D eigenvalue weighted by atomic mass is 16.5. The highest BCUT2D eigenvalue weighted by Crippen LogP contribution is 2.42. The first-order valence-electron chi connectivity index (χ1n) is 9.56. The van der Waals surface area contributed by atoms with Gasteiger partial charge in [0, 0.05) is 25.5 Å². The monoisotopic (exact) mass is 364 g/mol. The Balaban J connectivity index is 1.55. The minimum Gasteiger partial charge on any atom is -0.497 e. The molecule has 0 saturated heterocycles. The van der Waals surface area contributed by atoms with Gasteiger partial charge in [-0.1, -0.05) is 12.1 Å². The fraction of sp³-hybridized carbons (Fsp3) is 0.429. The quantitative estimate of drug-likeness (QED) is 0.841. The van der Waals surface area contributed by atoms with Gasteiger partial charge in [-0.15, -0.1) is 0 Å². The van der Waals surface area contributed by atoms with E-state index in [9.17, 15) is 4.79 Å². The number of fused-ring (bicyclic) bond motifs is 5. The fourth-order valence-corrected chi connectivity index (χ4v) is 4.70. The molecule has 5 rings (SSSR count). The van der Waals surface area contributed by atoms with Gasteiger partial charge in [0.25, 0.3) is 5.91 Å². The number of hydrogen-bond acceptors (Lipinski definition) is 4. The molecule has 6 heteroatoms. The lowest BCUT2D eigenvalue weighted by Crippen LogP contribution is -2.51. The molecule has 0 radical (unpaired) electrons. The summed E-state index contributed by atoms with van der Waals surface area (Å²) in [5.41, 5.74) is 4.04. The van der Waals surface area contributed by atoms with Crippen molar-refractivity contribution in [3.8, 4) is 5.75 Å². The molecule has 3 aliphatic rings. The maximum Gasteiger partial charge on any atom is 0.264 e. The van der Waals surface area contributed by atoms with Crippen molar-refractivity contribution in [3.63, 3.8) is 0 Å². The molecule has 3 heterocycles. The van der Waals surface area contributed by atoms with Crippen LogP contribution in [0.5, 0.6) is 5.75 Å². The first kappa shape index (κ1) is 16.4. The van der Waals surface area contributed by atoms with Crippen LogP contribution in [0.25, 0.3) is 0 Å². The molecule has 1 saturated carbocycles. The van der Waals surface area contributed by atoms with E-state index in [4.69, 9.17) is 9.73 Å². The lowest BCUT2D eigenvalue weighted by molar-refractivity contribution is 0.0864. The molecule has 1 fully saturated rings. The van der Waals surface area contributed by atoms with Crippen LogP contribution in [-0.4, -0.2) is 47.6 Å². The van der Waals surface area contributed by atoms with Gasteiger partial charge >= 0.3 is 0 Å². The second-order valence-corrected chi connectivity index (χ2v) is 7.68. The number of amides is 1. The Morgan fingerprint density at radius 1 is 1.22 bits per heavy atom. The van der Waals surface area contributed by atoms with Crippen LogP contribution in [0, 0.1) is 6.92 Å². The van der Waals surface area contributed by atoms with Gasteiger partial charge in [-0.05, 0) is 43.9 Å². The van der Waals surface area contributed by atoms with E-state index in [0.717, 1.165) is 48.0 Å². The SMILES string of the molecule is COc1ccc(Cn2cc3c(c2C)C(=O)N(C)C2=N[C@@H]4CCC[C@@H]4N23)cc1. The second-order valence-electron chi connectivity index (χ2n) is 7.68. The smallest absolute Gasteiger partial charge is 0.264 e. The van der Waals surface area contributed by atoms with E-state index in [1.54, 1.807) is 12.0 Å². The molecule has 2 aromatic rings.